The molecule has 0 fully saturated rings. The molecule has 3 N–H and O–H groups in total. The Morgan fingerprint density at radius 3 is 2.68 bits per heavy atom. The summed E-state index contributed by atoms with van der Waals surface area (Å²) in [4.78, 5) is 12.8. The molecule has 1 amide bonds. The number of nitrogens with two attached hydrogens (primary N) is 1. The van der Waals surface area contributed by atoms with E-state index >= 15 is 0 Å². The molecule has 0 atom stereocenters. The van der Waals surface area contributed by atoms with Gasteiger partial charge in [-0.05, 0) is 50.7 Å². The van der Waals surface area contributed by atoms with Crippen molar-refractivity contribution in [3.63, 3.8) is 0 Å². The zero-order valence-electron chi connectivity index (χ0n) is 15.4. The van der Waals surface area contributed by atoms with Crippen LogP contribution in [-0.2, 0) is 12.8 Å². The lowest BCUT2D eigenvalue weighted by Crippen LogP contribution is -2.49. The fourth-order valence-electron chi connectivity index (χ4n) is 3.46. The molecule has 3 rings (SSSR count). The van der Waals surface area contributed by atoms with Crippen LogP contribution in [0.5, 0.6) is 0 Å². The highest BCUT2D eigenvalue weighted by molar-refractivity contribution is 5.94. The van der Waals surface area contributed by atoms with Crippen molar-refractivity contribution in [2.24, 2.45) is 5.73 Å². The van der Waals surface area contributed by atoms with E-state index in [9.17, 15) is 4.79 Å². The number of fused-ring (bicyclic) bond motifs is 1. The van der Waals surface area contributed by atoms with Crippen molar-refractivity contribution in [3.05, 3.63) is 46.8 Å². The third-order valence-corrected chi connectivity index (χ3v) is 5.50. The van der Waals surface area contributed by atoms with Gasteiger partial charge >= 0.3 is 0 Å². The van der Waals surface area contributed by atoms with Crippen LogP contribution in [-0.4, -0.2) is 27.8 Å². The molecule has 5 nitrogen and oxygen atoms in total. The summed E-state index contributed by atoms with van der Waals surface area (Å²) in [5.74, 6) is -0.109. The summed E-state index contributed by atoms with van der Waals surface area (Å²) in [6.45, 7) is 6.66. The number of carbonyl (C=O) groups excluding carboxylic acids is 1. The third kappa shape index (κ3) is 3.33. The van der Waals surface area contributed by atoms with Crippen LogP contribution in [0, 0.1) is 6.92 Å². The van der Waals surface area contributed by atoms with E-state index in [0.29, 0.717) is 12.2 Å². The summed E-state index contributed by atoms with van der Waals surface area (Å²) >= 11 is 0. The number of nitrogens with zero attached hydrogens (tertiary/aromatic N) is 2. The molecule has 0 saturated heterocycles. The molecule has 25 heavy (non-hydrogen) atoms. The van der Waals surface area contributed by atoms with Crippen LogP contribution in [0.15, 0.2) is 24.3 Å². The first kappa shape index (κ1) is 17.7. The second kappa shape index (κ2) is 7.00. The van der Waals surface area contributed by atoms with Crippen molar-refractivity contribution < 1.29 is 4.79 Å². The Labute approximate surface area is 149 Å². The molecule has 0 spiro atoms. The summed E-state index contributed by atoms with van der Waals surface area (Å²) in [5.41, 5.74) is 11.0. The predicted octanol–water partition coefficient (Wildman–Crippen LogP) is 2.92. The zero-order chi connectivity index (χ0) is 18.0. The molecule has 2 aromatic rings. The summed E-state index contributed by atoms with van der Waals surface area (Å²) in [5, 5.41) is 7.69. The number of hydrogen-bond donors (Lipinski definition) is 2. The molecule has 1 heterocycles. The smallest absolute Gasteiger partial charge is 0.272 e. The van der Waals surface area contributed by atoms with Crippen LogP contribution in [0.1, 0.15) is 60.4 Å². The Bertz CT molecular complexity index is 774. The number of amides is 1. The Balaban J connectivity index is 1.90. The Morgan fingerprint density at radius 2 is 2.00 bits per heavy atom. The van der Waals surface area contributed by atoms with Crippen molar-refractivity contribution in [2.45, 2.75) is 58.4 Å². The molecule has 0 unspecified atom stereocenters. The van der Waals surface area contributed by atoms with Crippen LogP contribution in [0.2, 0.25) is 0 Å². The molecule has 0 aliphatic heterocycles. The van der Waals surface area contributed by atoms with E-state index in [1.54, 1.807) is 0 Å². The van der Waals surface area contributed by atoms with Crippen molar-refractivity contribution in [2.75, 3.05) is 6.54 Å². The van der Waals surface area contributed by atoms with Crippen molar-refractivity contribution in [3.8, 4) is 5.69 Å². The van der Waals surface area contributed by atoms with Gasteiger partial charge in [0.25, 0.3) is 5.91 Å². The molecular formula is C20H28N4O. The monoisotopic (exact) mass is 340 g/mol. The van der Waals surface area contributed by atoms with E-state index in [2.05, 4.69) is 43.3 Å². The summed E-state index contributed by atoms with van der Waals surface area (Å²) in [6.07, 6.45) is 4.62. The first-order chi connectivity index (χ1) is 12.0. The SMILES string of the molecule is CCC(N)(CC)CNC(=O)c1nn(-c2ccccc2C)c2c1CCC2. The van der Waals surface area contributed by atoms with Crippen LogP contribution in [0.4, 0.5) is 0 Å². The first-order valence-corrected chi connectivity index (χ1v) is 9.23. The van der Waals surface area contributed by atoms with Crippen LogP contribution >= 0.6 is 0 Å². The average molecular weight is 340 g/mol. The van der Waals surface area contributed by atoms with E-state index in [1.165, 1.54) is 5.69 Å². The third-order valence-electron chi connectivity index (χ3n) is 5.50. The van der Waals surface area contributed by atoms with E-state index in [-0.39, 0.29) is 11.4 Å². The molecule has 134 valence electrons. The molecule has 0 radical (unpaired) electrons. The van der Waals surface area contributed by atoms with Gasteiger partial charge in [0.2, 0.25) is 0 Å². The van der Waals surface area contributed by atoms with Crippen molar-refractivity contribution in [1.29, 1.82) is 0 Å². The second-order valence-electron chi connectivity index (χ2n) is 7.08. The molecule has 0 bridgehead atoms. The highest BCUT2D eigenvalue weighted by atomic mass is 16.2. The van der Waals surface area contributed by atoms with Gasteiger partial charge in [-0.15, -0.1) is 0 Å². The van der Waals surface area contributed by atoms with E-state index in [0.717, 1.165) is 48.9 Å². The van der Waals surface area contributed by atoms with Crippen LogP contribution in [0.3, 0.4) is 0 Å². The maximum Gasteiger partial charge on any atom is 0.272 e. The average Bonchev–Trinajstić information content (AvgIpc) is 3.22. The quantitative estimate of drug-likeness (QED) is 0.849. The number of rotatable bonds is 6. The Kier molecular flexibility index (Phi) is 4.95. The second-order valence-corrected chi connectivity index (χ2v) is 7.08. The van der Waals surface area contributed by atoms with Crippen LogP contribution in [0.25, 0.3) is 5.69 Å². The fourth-order valence-corrected chi connectivity index (χ4v) is 3.46. The van der Waals surface area contributed by atoms with Gasteiger partial charge in [-0.3, -0.25) is 4.79 Å². The fraction of sp³-hybridized carbons (Fsp3) is 0.500. The van der Waals surface area contributed by atoms with E-state index in [1.807, 2.05) is 16.8 Å². The molecular weight excluding hydrogens is 312 g/mol. The summed E-state index contributed by atoms with van der Waals surface area (Å²) < 4.78 is 1.96. The number of para-hydroxylation sites is 1. The predicted molar refractivity (Wildman–Crippen MR) is 100 cm³/mol. The van der Waals surface area contributed by atoms with E-state index < -0.39 is 0 Å². The maximum atomic E-state index is 12.8. The van der Waals surface area contributed by atoms with Gasteiger partial charge in [-0.1, -0.05) is 32.0 Å². The Morgan fingerprint density at radius 1 is 1.28 bits per heavy atom. The zero-order valence-corrected chi connectivity index (χ0v) is 15.4. The molecule has 5 heteroatoms. The topological polar surface area (TPSA) is 72.9 Å². The van der Waals surface area contributed by atoms with Gasteiger partial charge in [0, 0.05) is 23.3 Å². The van der Waals surface area contributed by atoms with E-state index in [4.69, 9.17) is 5.73 Å². The molecule has 1 aromatic heterocycles. The van der Waals surface area contributed by atoms with Crippen LogP contribution < -0.4 is 11.1 Å². The minimum Gasteiger partial charge on any atom is -0.349 e. The summed E-state index contributed by atoms with van der Waals surface area (Å²) in [7, 11) is 0. The highest BCUT2D eigenvalue weighted by Crippen LogP contribution is 2.28. The minimum atomic E-state index is -0.350. The van der Waals surface area contributed by atoms with Gasteiger partial charge in [-0.2, -0.15) is 5.10 Å². The standard InChI is InChI=1S/C20H28N4O/c1-4-20(21,5-2)13-22-19(25)18-15-10-8-12-17(15)24(23-18)16-11-7-6-9-14(16)3/h6-7,9,11H,4-5,8,10,12-13,21H2,1-3H3,(H,22,25). The lowest BCUT2D eigenvalue weighted by molar-refractivity contribution is 0.0936. The molecule has 1 aromatic carbocycles. The minimum absolute atomic E-state index is 0.109. The molecule has 0 saturated carbocycles. The number of carbonyl (C=O) groups is 1. The maximum absolute atomic E-state index is 12.8. The Hall–Kier alpha value is -2.14. The number of benzene rings is 1. The lowest BCUT2D eigenvalue weighted by Gasteiger charge is -2.26. The van der Waals surface area contributed by atoms with Gasteiger partial charge in [-0.25, -0.2) is 4.68 Å². The number of aryl methyl sites for hydroxylation is 1. The van der Waals surface area contributed by atoms with Gasteiger partial charge in [0.1, 0.15) is 0 Å². The van der Waals surface area contributed by atoms with Gasteiger partial charge < -0.3 is 11.1 Å². The molecule has 1 aliphatic rings. The summed E-state index contributed by atoms with van der Waals surface area (Å²) in [6, 6.07) is 8.16. The van der Waals surface area contributed by atoms with Crippen molar-refractivity contribution >= 4 is 5.91 Å². The highest BCUT2D eigenvalue weighted by Gasteiger charge is 2.28. The number of aromatic nitrogens is 2. The first-order valence-electron chi connectivity index (χ1n) is 9.23. The van der Waals surface area contributed by atoms with Gasteiger partial charge in [0.15, 0.2) is 5.69 Å². The van der Waals surface area contributed by atoms with Gasteiger partial charge in [0.05, 0.1) is 5.69 Å². The normalized spacial score (nSPS) is 13.8. The number of hydrogen-bond acceptors (Lipinski definition) is 3. The lowest BCUT2D eigenvalue weighted by atomic mass is 9.94. The molecule has 1 aliphatic carbocycles. The van der Waals surface area contributed by atoms with Crippen molar-refractivity contribution in [1.82, 2.24) is 15.1 Å². The number of nitrogens with one attached hydrogen (secondary N) is 1. The largest absolute Gasteiger partial charge is 0.349 e.